The molecule has 0 aromatic heterocycles. The number of hydrogen-bond acceptors (Lipinski definition) is 4. The van der Waals surface area contributed by atoms with Crippen molar-refractivity contribution < 1.29 is 19.0 Å². The van der Waals surface area contributed by atoms with Gasteiger partial charge in [0.2, 0.25) is 0 Å². The van der Waals surface area contributed by atoms with Gasteiger partial charge in [0.1, 0.15) is 18.1 Å². The number of benzene rings is 1. The highest BCUT2D eigenvalue weighted by Crippen LogP contribution is 2.16. The molecule has 4 nitrogen and oxygen atoms in total. The van der Waals surface area contributed by atoms with Gasteiger partial charge in [-0.05, 0) is 37.3 Å². The summed E-state index contributed by atoms with van der Waals surface area (Å²) in [6.45, 7) is 2.01. The second-order valence-electron chi connectivity index (χ2n) is 3.37. The summed E-state index contributed by atoms with van der Waals surface area (Å²) < 4.78 is 15.0. The Hall–Kier alpha value is -1.97. The summed E-state index contributed by atoms with van der Waals surface area (Å²) in [4.78, 5) is 11.1. The van der Waals surface area contributed by atoms with E-state index in [1.807, 2.05) is 12.1 Å². The Labute approximate surface area is 101 Å². The molecular weight excluding hydrogens is 220 g/mol. The Morgan fingerprint density at radius 3 is 2.29 bits per heavy atom. The van der Waals surface area contributed by atoms with Crippen molar-refractivity contribution in [2.45, 2.75) is 6.92 Å². The molecule has 0 spiro atoms. The molecule has 0 fully saturated rings. The van der Waals surface area contributed by atoms with E-state index in [4.69, 9.17) is 9.47 Å². The van der Waals surface area contributed by atoms with Gasteiger partial charge in [0.15, 0.2) is 0 Å². The standard InChI is InChI=1S/C13H16O4/c1-10(13(14)16-3)8-9-17-12-6-4-11(15-2)5-7-12/h4-8H,9H2,1-3H3. The molecule has 0 heterocycles. The monoisotopic (exact) mass is 236 g/mol. The third kappa shape index (κ3) is 4.18. The third-order valence-corrected chi connectivity index (χ3v) is 2.21. The minimum Gasteiger partial charge on any atom is -0.497 e. The van der Waals surface area contributed by atoms with E-state index in [0.717, 1.165) is 11.5 Å². The van der Waals surface area contributed by atoms with Crippen molar-refractivity contribution in [1.82, 2.24) is 0 Å². The Morgan fingerprint density at radius 2 is 1.76 bits per heavy atom. The summed E-state index contributed by atoms with van der Waals surface area (Å²) in [7, 11) is 2.96. The van der Waals surface area contributed by atoms with Gasteiger partial charge in [-0.2, -0.15) is 0 Å². The molecule has 0 amide bonds. The summed E-state index contributed by atoms with van der Waals surface area (Å²) in [5.74, 6) is 1.15. The molecule has 0 atom stereocenters. The second kappa shape index (κ2) is 6.58. The van der Waals surface area contributed by atoms with Gasteiger partial charge in [0, 0.05) is 5.57 Å². The molecular formula is C13H16O4. The lowest BCUT2D eigenvalue weighted by Crippen LogP contribution is -2.04. The van der Waals surface area contributed by atoms with Gasteiger partial charge in [-0.25, -0.2) is 4.79 Å². The number of rotatable bonds is 5. The summed E-state index contributed by atoms with van der Waals surface area (Å²) in [6.07, 6.45) is 1.68. The number of methoxy groups -OCH3 is 2. The topological polar surface area (TPSA) is 44.8 Å². The fraction of sp³-hybridized carbons (Fsp3) is 0.308. The quantitative estimate of drug-likeness (QED) is 0.580. The molecule has 0 saturated heterocycles. The van der Waals surface area contributed by atoms with Crippen LogP contribution in [0.1, 0.15) is 6.92 Å². The van der Waals surface area contributed by atoms with E-state index >= 15 is 0 Å². The lowest BCUT2D eigenvalue weighted by molar-refractivity contribution is -0.136. The zero-order chi connectivity index (χ0) is 12.7. The van der Waals surface area contributed by atoms with Crippen LogP contribution in [0.4, 0.5) is 0 Å². The maximum absolute atomic E-state index is 11.1. The number of carbonyl (C=O) groups is 1. The average molecular weight is 236 g/mol. The largest absolute Gasteiger partial charge is 0.497 e. The van der Waals surface area contributed by atoms with Crippen LogP contribution in [0.15, 0.2) is 35.9 Å². The summed E-state index contributed by atoms with van der Waals surface area (Å²) >= 11 is 0. The molecule has 0 aliphatic carbocycles. The van der Waals surface area contributed by atoms with Crippen molar-refractivity contribution >= 4 is 5.97 Å². The van der Waals surface area contributed by atoms with Crippen molar-refractivity contribution in [3.05, 3.63) is 35.9 Å². The molecule has 0 unspecified atom stereocenters. The molecule has 0 N–H and O–H groups in total. The maximum Gasteiger partial charge on any atom is 0.333 e. The lowest BCUT2D eigenvalue weighted by atomic mass is 10.3. The second-order valence-corrected chi connectivity index (χ2v) is 3.37. The van der Waals surface area contributed by atoms with E-state index in [-0.39, 0.29) is 5.97 Å². The van der Waals surface area contributed by atoms with Crippen LogP contribution in [0.2, 0.25) is 0 Å². The normalized spacial score (nSPS) is 10.9. The Morgan fingerprint density at radius 1 is 1.18 bits per heavy atom. The molecule has 92 valence electrons. The van der Waals surface area contributed by atoms with Gasteiger partial charge in [0.25, 0.3) is 0 Å². The Balaban J connectivity index is 2.47. The summed E-state index contributed by atoms with van der Waals surface area (Å²) in [6, 6.07) is 7.23. The minimum absolute atomic E-state index is 0.327. The highest BCUT2D eigenvalue weighted by Gasteiger charge is 2.01. The van der Waals surface area contributed by atoms with Crippen LogP contribution in [-0.2, 0) is 9.53 Å². The highest BCUT2D eigenvalue weighted by molar-refractivity contribution is 5.87. The third-order valence-electron chi connectivity index (χ3n) is 2.21. The molecule has 1 aromatic carbocycles. The van der Waals surface area contributed by atoms with Gasteiger partial charge in [-0.3, -0.25) is 0 Å². The van der Waals surface area contributed by atoms with Gasteiger partial charge in [-0.1, -0.05) is 0 Å². The zero-order valence-electron chi connectivity index (χ0n) is 10.2. The van der Waals surface area contributed by atoms with Gasteiger partial charge in [-0.15, -0.1) is 0 Å². The first kappa shape index (κ1) is 13.1. The summed E-state index contributed by atoms with van der Waals surface area (Å²) in [5.41, 5.74) is 0.529. The smallest absolute Gasteiger partial charge is 0.333 e. The molecule has 0 saturated carbocycles. The van der Waals surface area contributed by atoms with Crippen LogP contribution >= 0.6 is 0 Å². The first-order chi connectivity index (χ1) is 8.17. The first-order valence-corrected chi connectivity index (χ1v) is 5.19. The summed E-state index contributed by atoms with van der Waals surface area (Å²) in [5, 5.41) is 0. The Bertz CT molecular complexity index is 392. The van der Waals surface area contributed by atoms with Crippen LogP contribution in [0.5, 0.6) is 11.5 Å². The zero-order valence-corrected chi connectivity index (χ0v) is 10.2. The van der Waals surface area contributed by atoms with E-state index in [1.54, 1.807) is 32.2 Å². The van der Waals surface area contributed by atoms with Gasteiger partial charge < -0.3 is 14.2 Å². The van der Waals surface area contributed by atoms with Crippen LogP contribution in [0.3, 0.4) is 0 Å². The van der Waals surface area contributed by atoms with Gasteiger partial charge in [0.05, 0.1) is 14.2 Å². The fourth-order valence-electron chi connectivity index (χ4n) is 1.18. The minimum atomic E-state index is -0.344. The predicted octanol–water partition coefficient (Wildman–Crippen LogP) is 2.19. The van der Waals surface area contributed by atoms with Crippen LogP contribution in [-0.4, -0.2) is 26.8 Å². The van der Waals surface area contributed by atoms with Crippen molar-refractivity contribution in [2.75, 3.05) is 20.8 Å². The van der Waals surface area contributed by atoms with Crippen LogP contribution < -0.4 is 9.47 Å². The molecule has 1 aromatic rings. The van der Waals surface area contributed by atoms with Crippen molar-refractivity contribution in [2.24, 2.45) is 0 Å². The molecule has 0 aliphatic heterocycles. The van der Waals surface area contributed by atoms with E-state index < -0.39 is 0 Å². The first-order valence-electron chi connectivity index (χ1n) is 5.19. The van der Waals surface area contributed by atoms with E-state index in [0.29, 0.717) is 12.2 Å². The molecule has 1 rings (SSSR count). The van der Waals surface area contributed by atoms with Gasteiger partial charge >= 0.3 is 5.97 Å². The van der Waals surface area contributed by atoms with E-state index in [2.05, 4.69) is 4.74 Å². The number of esters is 1. The number of carbonyl (C=O) groups excluding carboxylic acids is 1. The maximum atomic E-state index is 11.1. The van der Waals surface area contributed by atoms with Crippen LogP contribution in [0.25, 0.3) is 0 Å². The Kier molecular flexibility index (Phi) is 5.07. The molecule has 17 heavy (non-hydrogen) atoms. The SMILES string of the molecule is COC(=O)C(C)=CCOc1ccc(OC)cc1. The lowest BCUT2D eigenvalue weighted by Gasteiger charge is -2.05. The highest BCUT2D eigenvalue weighted by atomic mass is 16.5. The molecule has 0 bridgehead atoms. The van der Waals surface area contributed by atoms with E-state index in [9.17, 15) is 4.79 Å². The average Bonchev–Trinajstić information content (AvgIpc) is 2.38. The van der Waals surface area contributed by atoms with Crippen LogP contribution in [0, 0.1) is 0 Å². The van der Waals surface area contributed by atoms with E-state index in [1.165, 1.54) is 7.11 Å². The number of ether oxygens (including phenoxy) is 3. The molecule has 0 aliphatic rings. The fourth-order valence-corrected chi connectivity index (χ4v) is 1.18. The van der Waals surface area contributed by atoms with Crippen molar-refractivity contribution in [3.8, 4) is 11.5 Å². The van der Waals surface area contributed by atoms with Crippen molar-refractivity contribution in [3.63, 3.8) is 0 Å². The molecule has 4 heteroatoms. The number of hydrogen-bond donors (Lipinski definition) is 0. The predicted molar refractivity (Wildman–Crippen MR) is 64.3 cm³/mol. The van der Waals surface area contributed by atoms with Crippen molar-refractivity contribution in [1.29, 1.82) is 0 Å². The molecule has 0 radical (unpaired) electrons.